The van der Waals surface area contributed by atoms with Crippen molar-refractivity contribution in [3.05, 3.63) is 11.3 Å². The number of amides is 2. The summed E-state index contributed by atoms with van der Waals surface area (Å²) in [5.41, 5.74) is 0.630. The molecule has 0 fully saturated rings. The van der Waals surface area contributed by atoms with E-state index in [0.29, 0.717) is 18.7 Å². The van der Waals surface area contributed by atoms with Crippen molar-refractivity contribution in [1.29, 1.82) is 0 Å². The van der Waals surface area contributed by atoms with Crippen LogP contribution in [0, 0.1) is 0 Å². The highest BCUT2D eigenvalue weighted by Crippen LogP contribution is 2.21. The quantitative estimate of drug-likeness (QED) is 0.779. The third-order valence-electron chi connectivity index (χ3n) is 2.14. The summed E-state index contributed by atoms with van der Waals surface area (Å²) in [6.07, 6.45) is 0.509. The number of urea groups is 1. The van der Waals surface area contributed by atoms with Crippen LogP contribution >= 0.6 is 0 Å². The van der Waals surface area contributed by atoms with Gasteiger partial charge in [-0.15, -0.1) is 0 Å². The van der Waals surface area contributed by atoms with Crippen LogP contribution in [0.25, 0.3) is 0 Å². The standard InChI is InChI=1S/C11H17N3O4/c1-4-7-8(10(15)17-6-3)9(18-14-7)13-11(16)12-5-2/h4-6H2,1-3H3,(H2,12,13,16). The van der Waals surface area contributed by atoms with Gasteiger partial charge in [0.2, 0.25) is 5.88 Å². The number of esters is 1. The van der Waals surface area contributed by atoms with Crippen LogP contribution in [-0.2, 0) is 11.2 Å². The number of rotatable bonds is 5. The molecule has 0 aliphatic heterocycles. The molecule has 7 nitrogen and oxygen atoms in total. The van der Waals surface area contributed by atoms with Gasteiger partial charge < -0.3 is 14.6 Å². The number of hydrogen-bond donors (Lipinski definition) is 2. The highest BCUT2D eigenvalue weighted by atomic mass is 16.5. The summed E-state index contributed by atoms with van der Waals surface area (Å²) in [5.74, 6) is -0.543. The Hall–Kier alpha value is -2.05. The van der Waals surface area contributed by atoms with E-state index in [9.17, 15) is 9.59 Å². The van der Waals surface area contributed by atoms with Gasteiger partial charge in [0.25, 0.3) is 0 Å². The highest BCUT2D eigenvalue weighted by molar-refractivity contribution is 5.99. The summed E-state index contributed by atoms with van der Waals surface area (Å²) in [4.78, 5) is 23.1. The van der Waals surface area contributed by atoms with E-state index in [1.807, 2.05) is 6.92 Å². The predicted octanol–water partition coefficient (Wildman–Crippen LogP) is 1.56. The molecule has 0 aliphatic rings. The lowest BCUT2D eigenvalue weighted by Crippen LogP contribution is -2.28. The van der Waals surface area contributed by atoms with E-state index in [1.54, 1.807) is 13.8 Å². The van der Waals surface area contributed by atoms with Crippen molar-refractivity contribution in [2.75, 3.05) is 18.5 Å². The number of carbonyl (C=O) groups excluding carboxylic acids is 2. The summed E-state index contributed by atoms with van der Waals surface area (Å²) < 4.78 is 9.85. The Morgan fingerprint density at radius 1 is 1.33 bits per heavy atom. The number of nitrogens with one attached hydrogen (secondary N) is 2. The van der Waals surface area contributed by atoms with Crippen molar-refractivity contribution in [2.45, 2.75) is 27.2 Å². The van der Waals surface area contributed by atoms with Crippen LogP contribution < -0.4 is 10.6 Å². The molecular formula is C11H17N3O4. The number of aryl methyl sites for hydroxylation is 1. The molecule has 0 unspecified atom stereocenters. The largest absolute Gasteiger partial charge is 0.462 e. The van der Waals surface area contributed by atoms with Crippen molar-refractivity contribution >= 4 is 17.9 Å². The van der Waals surface area contributed by atoms with Gasteiger partial charge in [0.1, 0.15) is 11.3 Å². The van der Waals surface area contributed by atoms with Crippen molar-refractivity contribution in [3.63, 3.8) is 0 Å². The molecule has 0 bridgehead atoms. The molecule has 0 radical (unpaired) electrons. The third kappa shape index (κ3) is 3.22. The SMILES string of the molecule is CCNC(=O)Nc1onc(CC)c1C(=O)OCC. The Morgan fingerprint density at radius 2 is 2.06 bits per heavy atom. The van der Waals surface area contributed by atoms with Crippen LogP contribution in [0.4, 0.5) is 10.7 Å². The number of nitrogens with zero attached hydrogens (tertiary/aromatic N) is 1. The molecule has 1 heterocycles. The first kappa shape index (κ1) is 14.0. The minimum atomic E-state index is -0.553. The maximum atomic E-state index is 11.8. The molecule has 0 saturated heterocycles. The first-order valence-electron chi connectivity index (χ1n) is 5.84. The predicted molar refractivity (Wildman–Crippen MR) is 64.5 cm³/mol. The molecular weight excluding hydrogens is 238 g/mol. The molecule has 0 aromatic carbocycles. The van der Waals surface area contributed by atoms with Gasteiger partial charge in [-0.3, -0.25) is 5.32 Å². The van der Waals surface area contributed by atoms with Crippen molar-refractivity contribution in [3.8, 4) is 0 Å². The van der Waals surface area contributed by atoms with Crippen LogP contribution in [0.2, 0.25) is 0 Å². The van der Waals surface area contributed by atoms with Crippen LogP contribution in [0.1, 0.15) is 36.8 Å². The van der Waals surface area contributed by atoms with E-state index < -0.39 is 12.0 Å². The Labute approximate surface area is 105 Å². The summed E-state index contributed by atoms with van der Waals surface area (Å²) in [6, 6.07) is -0.457. The fourth-order valence-electron chi connectivity index (χ4n) is 1.37. The number of carbonyl (C=O) groups is 2. The molecule has 0 aliphatic carbocycles. The molecule has 1 aromatic rings. The average Bonchev–Trinajstić information content (AvgIpc) is 2.72. The van der Waals surface area contributed by atoms with Gasteiger partial charge >= 0.3 is 12.0 Å². The van der Waals surface area contributed by atoms with Crippen LogP contribution in [0.5, 0.6) is 0 Å². The molecule has 1 rings (SSSR count). The summed E-state index contributed by atoms with van der Waals surface area (Å²) in [6.45, 7) is 6.03. The molecule has 100 valence electrons. The van der Waals surface area contributed by atoms with Gasteiger partial charge in [0, 0.05) is 6.54 Å². The smallest absolute Gasteiger partial charge is 0.345 e. The number of hydrogen-bond acceptors (Lipinski definition) is 5. The maximum Gasteiger partial charge on any atom is 0.345 e. The summed E-state index contributed by atoms with van der Waals surface area (Å²) >= 11 is 0. The Balaban J connectivity index is 2.94. The first-order chi connectivity index (χ1) is 8.63. The summed E-state index contributed by atoms with van der Waals surface area (Å²) in [5, 5.41) is 8.69. The van der Waals surface area contributed by atoms with Gasteiger partial charge in [-0.2, -0.15) is 0 Å². The van der Waals surface area contributed by atoms with Crippen LogP contribution in [0.3, 0.4) is 0 Å². The topological polar surface area (TPSA) is 93.5 Å². The second-order valence-corrected chi connectivity index (χ2v) is 3.39. The molecule has 1 aromatic heterocycles. The van der Waals surface area contributed by atoms with Crippen molar-refractivity contribution < 1.29 is 18.8 Å². The zero-order valence-corrected chi connectivity index (χ0v) is 10.7. The van der Waals surface area contributed by atoms with Gasteiger partial charge in [0.05, 0.1) is 6.61 Å². The van der Waals surface area contributed by atoms with Gasteiger partial charge in [-0.1, -0.05) is 12.1 Å². The molecule has 7 heteroatoms. The first-order valence-corrected chi connectivity index (χ1v) is 5.84. The van der Waals surface area contributed by atoms with E-state index in [4.69, 9.17) is 9.26 Å². The van der Waals surface area contributed by atoms with Crippen LogP contribution in [0.15, 0.2) is 4.52 Å². The van der Waals surface area contributed by atoms with Crippen molar-refractivity contribution in [2.24, 2.45) is 0 Å². The molecule has 0 atom stereocenters. The lowest BCUT2D eigenvalue weighted by molar-refractivity contribution is 0.0526. The number of anilines is 1. The monoisotopic (exact) mass is 255 g/mol. The molecule has 2 N–H and O–H groups in total. The minimum Gasteiger partial charge on any atom is -0.462 e. The number of ether oxygens (including phenoxy) is 1. The van der Waals surface area contributed by atoms with E-state index in [1.165, 1.54) is 0 Å². The van der Waals surface area contributed by atoms with Crippen molar-refractivity contribution in [1.82, 2.24) is 10.5 Å². The zero-order valence-electron chi connectivity index (χ0n) is 10.7. The Kier molecular flexibility index (Phi) is 5.16. The van der Waals surface area contributed by atoms with Gasteiger partial charge in [-0.25, -0.2) is 9.59 Å². The van der Waals surface area contributed by atoms with Gasteiger partial charge in [-0.05, 0) is 20.3 Å². The lowest BCUT2D eigenvalue weighted by Gasteiger charge is -2.05. The second-order valence-electron chi connectivity index (χ2n) is 3.39. The Morgan fingerprint density at radius 3 is 2.61 bits per heavy atom. The lowest BCUT2D eigenvalue weighted by atomic mass is 10.2. The number of aromatic nitrogens is 1. The minimum absolute atomic E-state index is 0.0104. The zero-order chi connectivity index (χ0) is 13.5. The fraction of sp³-hybridized carbons (Fsp3) is 0.545. The van der Waals surface area contributed by atoms with Crippen LogP contribution in [-0.4, -0.2) is 30.3 Å². The fourth-order valence-corrected chi connectivity index (χ4v) is 1.37. The maximum absolute atomic E-state index is 11.8. The Bertz CT molecular complexity index is 428. The average molecular weight is 255 g/mol. The van der Waals surface area contributed by atoms with Gasteiger partial charge in [0.15, 0.2) is 0 Å². The second kappa shape index (κ2) is 6.63. The molecule has 2 amide bonds. The summed E-state index contributed by atoms with van der Waals surface area (Å²) in [7, 11) is 0. The van der Waals surface area contributed by atoms with E-state index in [2.05, 4.69) is 15.8 Å². The normalized spacial score (nSPS) is 9.94. The van der Waals surface area contributed by atoms with E-state index in [-0.39, 0.29) is 18.1 Å². The van der Waals surface area contributed by atoms with E-state index in [0.717, 1.165) is 0 Å². The highest BCUT2D eigenvalue weighted by Gasteiger charge is 2.24. The van der Waals surface area contributed by atoms with E-state index >= 15 is 0 Å². The molecule has 0 saturated carbocycles. The molecule has 18 heavy (non-hydrogen) atoms. The third-order valence-corrected chi connectivity index (χ3v) is 2.14. The molecule has 0 spiro atoms.